The van der Waals surface area contributed by atoms with E-state index < -0.39 is 0 Å². The van der Waals surface area contributed by atoms with Crippen LogP contribution < -0.4 is 0 Å². The highest BCUT2D eigenvalue weighted by atomic mass is 15.2. The van der Waals surface area contributed by atoms with Gasteiger partial charge in [0.15, 0.2) is 0 Å². The van der Waals surface area contributed by atoms with Crippen molar-refractivity contribution < 1.29 is 0 Å². The molecular weight excluding hydrogens is 160 g/mol. The SMILES string of the molecule is CN(CC1(C)CCC1)C1(C#N)CC1. The highest BCUT2D eigenvalue weighted by Gasteiger charge is 2.49. The predicted octanol–water partition coefficient (Wildman–Crippen LogP) is 2.16. The lowest BCUT2D eigenvalue weighted by atomic mass is 9.70. The molecule has 0 heterocycles. The summed E-state index contributed by atoms with van der Waals surface area (Å²) in [5.41, 5.74) is 0.444. The largest absolute Gasteiger partial charge is 0.288 e. The molecule has 0 amide bonds. The minimum atomic E-state index is -0.0708. The molecule has 2 aliphatic carbocycles. The van der Waals surface area contributed by atoms with E-state index in [9.17, 15) is 0 Å². The first-order valence-electron chi connectivity index (χ1n) is 5.23. The molecule has 0 radical (unpaired) electrons. The molecule has 0 saturated heterocycles. The molecule has 0 aromatic heterocycles. The highest BCUT2D eigenvalue weighted by Crippen LogP contribution is 2.46. The van der Waals surface area contributed by atoms with Gasteiger partial charge in [0.2, 0.25) is 0 Å². The predicted molar refractivity (Wildman–Crippen MR) is 52.2 cm³/mol. The number of rotatable bonds is 3. The molecule has 2 fully saturated rings. The number of nitrogens with zero attached hydrogens (tertiary/aromatic N) is 2. The number of hydrogen-bond donors (Lipinski definition) is 0. The maximum absolute atomic E-state index is 9.02. The van der Waals surface area contributed by atoms with E-state index in [1.54, 1.807) is 0 Å². The van der Waals surface area contributed by atoms with Gasteiger partial charge in [-0.1, -0.05) is 13.3 Å². The lowest BCUT2D eigenvalue weighted by Gasteiger charge is -2.42. The molecule has 72 valence electrons. The van der Waals surface area contributed by atoms with Gasteiger partial charge in [-0.2, -0.15) is 5.26 Å². The van der Waals surface area contributed by atoms with Gasteiger partial charge in [-0.05, 0) is 38.1 Å². The van der Waals surface area contributed by atoms with Gasteiger partial charge in [-0.15, -0.1) is 0 Å². The van der Waals surface area contributed by atoms with Crippen molar-refractivity contribution in [2.75, 3.05) is 13.6 Å². The fourth-order valence-corrected chi connectivity index (χ4v) is 2.36. The molecule has 2 aliphatic rings. The van der Waals surface area contributed by atoms with E-state index in [2.05, 4.69) is 24.9 Å². The maximum atomic E-state index is 9.02. The van der Waals surface area contributed by atoms with Crippen LogP contribution in [0.25, 0.3) is 0 Å². The van der Waals surface area contributed by atoms with Gasteiger partial charge < -0.3 is 0 Å². The Kier molecular flexibility index (Phi) is 1.89. The van der Waals surface area contributed by atoms with Crippen LogP contribution in [-0.2, 0) is 0 Å². The fraction of sp³-hybridized carbons (Fsp3) is 0.909. The smallest absolute Gasteiger partial charge is 0.109 e. The average molecular weight is 178 g/mol. The zero-order valence-corrected chi connectivity index (χ0v) is 8.64. The second kappa shape index (κ2) is 2.72. The fourth-order valence-electron chi connectivity index (χ4n) is 2.36. The Hall–Kier alpha value is -0.550. The summed E-state index contributed by atoms with van der Waals surface area (Å²) in [7, 11) is 2.11. The van der Waals surface area contributed by atoms with Gasteiger partial charge in [0.05, 0.1) is 6.07 Å². The van der Waals surface area contributed by atoms with Crippen molar-refractivity contribution in [3.05, 3.63) is 0 Å². The molecule has 2 nitrogen and oxygen atoms in total. The van der Waals surface area contributed by atoms with Gasteiger partial charge in [0, 0.05) is 6.54 Å². The third-order valence-corrected chi connectivity index (χ3v) is 3.84. The van der Waals surface area contributed by atoms with Gasteiger partial charge in [-0.3, -0.25) is 4.90 Å². The number of hydrogen-bond acceptors (Lipinski definition) is 2. The van der Waals surface area contributed by atoms with Crippen LogP contribution >= 0.6 is 0 Å². The Balaban J connectivity index is 1.92. The van der Waals surface area contributed by atoms with E-state index in [4.69, 9.17) is 5.26 Å². The summed E-state index contributed by atoms with van der Waals surface area (Å²) < 4.78 is 0. The summed E-state index contributed by atoms with van der Waals surface area (Å²) in [4.78, 5) is 2.28. The molecule has 2 saturated carbocycles. The van der Waals surface area contributed by atoms with Crippen LogP contribution in [0.5, 0.6) is 0 Å². The van der Waals surface area contributed by atoms with Gasteiger partial charge in [0.1, 0.15) is 5.54 Å². The summed E-state index contributed by atoms with van der Waals surface area (Å²) in [6.45, 7) is 3.46. The zero-order chi connectivity index (χ0) is 9.53. The van der Waals surface area contributed by atoms with E-state index in [0.29, 0.717) is 5.41 Å². The Labute approximate surface area is 80.5 Å². The minimum absolute atomic E-state index is 0.0708. The van der Waals surface area contributed by atoms with E-state index >= 15 is 0 Å². The lowest BCUT2D eigenvalue weighted by Crippen LogP contribution is -2.43. The zero-order valence-electron chi connectivity index (χ0n) is 8.64. The molecular formula is C11H18N2. The molecule has 0 N–H and O–H groups in total. The Morgan fingerprint density at radius 2 is 1.92 bits per heavy atom. The molecule has 2 rings (SSSR count). The summed E-state index contributed by atoms with van der Waals surface area (Å²) in [5.74, 6) is 0. The first-order valence-corrected chi connectivity index (χ1v) is 5.23. The minimum Gasteiger partial charge on any atom is -0.288 e. The molecule has 2 heteroatoms. The van der Waals surface area contributed by atoms with Crippen LogP contribution in [-0.4, -0.2) is 24.0 Å². The van der Waals surface area contributed by atoms with E-state index in [1.807, 2.05) is 0 Å². The third-order valence-electron chi connectivity index (χ3n) is 3.84. The summed E-state index contributed by atoms with van der Waals surface area (Å²) in [5, 5.41) is 9.02. The van der Waals surface area contributed by atoms with Crippen molar-refractivity contribution in [1.82, 2.24) is 4.90 Å². The van der Waals surface area contributed by atoms with Crippen LogP contribution in [0.4, 0.5) is 0 Å². The maximum Gasteiger partial charge on any atom is 0.109 e. The molecule has 0 bridgehead atoms. The topological polar surface area (TPSA) is 27.0 Å². The second-order valence-electron chi connectivity index (χ2n) is 5.16. The summed E-state index contributed by atoms with van der Waals surface area (Å²) >= 11 is 0. The molecule has 13 heavy (non-hydrogen) atoms. The Morgan fingerprint density at radius 3 is 2.23 bits per heavy atom. The first kappa shape index (κ1) is 9.02. The van der Waals surface area contributed by atoms with Crippen LogP contribution in [0.15, 0.2) is 0 Å². The third kappa shape index (κ3) is 1.46. The van der Waals surface area contributed by atoms with Gasteiger partial charge in [0.25, 0.3) is 0 Å². The monoisotopic (exact) mass is 178 g/mol. The van der Waals surface area contributed by atoms with Crippen molar-refractivity contribution >= 4 is 0 Å². The van der Waals surface area contributed by atoms with E-state index in [1.165, 1.54) is 19.3 Å². The highest BCUT2D eigenvalue weighted by molar-refractivity contribution is 5.19. The standard InChI is InChI=1S/C11H18N2/c1-10(4-3-5-10)9-13(2)11(8-12)6-7-11/h3-7,9H2,1-2H3. The van der Waals surface area contributed by atoms with Crippen molar-refractivity contribution in [1.29, 1.82) is 5.26 Å². The normalized spacial score (nSPS) is 27.8. The van der Waals surface area contributed by atoms with Crippen LogP contribution in [0.1, 0.15) is 39.0 Å². The summed E-state index contributed by atoms with van der Waals surface area (Å²) in [6.07, 6.45) is 6.23. The first-order chi connectivity index (χ1) is 6.10. The lowest BCUT2D eigenvalue weighted by molar-refractivity contribution is 0.0826. The van der Waals surface area contributed by atoms with Crippen LogP contribution in [0, 0.1) is 16.7 Å². The Bertz CT molecular complexity index is 243. The van der Waals surface area contributed by atoms with Crippen molar-refractivity contribution in [2.45, 2.75) is 44.6 Å². The van der Waals surface area contributed by atoms with Gasteiger partial charge in [-0.25, -0.2) is 0 Å². The van der Waals surface area contributed by atoms with Crippen molar-refractivity contribution in [3.63, 3.8) is 0 Å². The molecule has 0 aromatic carbocycles. The van der Waals surface area contributed by atoms with Crippen molar-refractivity contribution in [3.8, 4) is 6.07 Å². The van der Waals surface area contributed by atoms with E-state index in [-0.39, 0.29) is 5.54 Å². The molecule has 0 aromatic rings. The molecule has 0 aliphatic heterocycles. The van der Waals surface area contributed by atoms with Gasteiger partial charge >= 0.3 is 0 Å². The average Bonchev–Trinajstić information content (AvgIpc) is 2.81. The molecule has 0 unspecified atom stereocenters. The van der Waals surface area contributed by atoms with Crippen LogP contribution in [0.2, 0.25) is 0 Å². The summed E-state index contributed by atoms with van der Waals surface area (Å²) in [6, 6.07) is 2.45. The molecule has 0 spiro atoms. The number of nitriles is 1. The van der Waals surface area contributed by atoms with Crippen molar-refractivity contribution in [2.24, 2.45) is 5.41 Å². The molecule has 0 atom stereocenters. The second-order valence-corrected chi connectivity index (χ2v) is 5.16. The Morgan fingerprint density at radius 1 is 1.31 bits per heavy atom. The quantitative estimate of drug-likeness (QED) is 0.662. The van der Waals surface area contributed by atoms with Crippen LogP contribution in [0.3, 0.4) is 0 Å². The van der Waals surface area contributed by atoms with E-state index in [0.717, 1.165) is 19.4 Å².